The van der Waals surface area contributed by atoms with Gasteiger partial charge in [0.25, 0.3) is 0 Å². The summed E-state index contributed by atoms with van der Waals surface area (Å²) in [5.41, 5.74) is 3.39. The van der Waals surface area contributed by atoms with Crippen molar-refractivity contribution in [1.82, 2.24) is 5.32 Å². The van der Waals surface area contributed by atoms with Gasteiger partial charge in [0.1, 0.15) is 5.75 Å². The SMILES string of the molecule is Cc1ccc(C)c(NC(=O)C(=O)NCc2ccccc2OC(C)C)c1. The zero-order chi connectivity index (χ0) is 18.4. The molecule has 0 aliphatic rings. The molecule has 2 rings (SSSR count). The Morgan fingerprint density at radius 3 is 2.48 bits per heavy atom. The number of para-hydroxylation sites is 1. The summed E-state index contributed by atoms with van der Waals surface area (Å²) in [5.74, 6) is -0.663. The molecule has 0 saturated heterocycles. The number of benzene rings is 2. The van der Waals surface area contributed by atoms with Gasteiger partial charge < -0.3 is 15.4 Å². The van der Waals surface area contributed by atoms with Crippen LogP contribution in [0.2, 0.25) is 0 Å². The van der Waals surface area contributed by atoms with E-state index in [-0.39, 0.29) is 12.6 Å². The summed E-state index contributed by atoms with van der Waals surface area (Å²) in [7, 11) is 0. The fourth-order valence-corrected chi connectivity index (χ4v) is 2.32. The first kappa shape index (κ1) is 18.5. The van der Waals surface area contributed by atoms with Crippen molar-refractivity contribution >= 4 is 17.5 Å². The van der Waals surface area contributed by atoms with Crippen molar-refractivity contribution in [2.24, 2.45) is 0 Å². The zero-order valence-corrected chi connectivity index (χ0v) is 15.1. The van der Waals surface area contributed by atoms with Gasteiger partial charge in [-0.2, -0.15) is 0 Å². The van der Waals surface area contributed by atoms with Crippen molar-refractivity contribution in [3.05, 3.63) is 59.2 Å². The molecule has 25 heavy (non-hydrogen) atoms. The first-order chi connectivity index (χ1) is 11.9. The molecule has 2 aromatic carbocycles. The highest BCUT2D eigenvalue weighted by atomic mass is 16.5. The molecule has 0 atom stereocenters. The fraction of sp³-hybridized carbons (Fsp3) is 0.300. The van der Waals surface area contributed by atoms with E-state index in [0.717, 1.165) is 16.7 Å². The number of hydrogen-bond acceptors (Lipinski definition) is 3. The van der Waals surface area contributed by atoms with Crippen LogP contribution in [0.3, 0.4) is 0 Å². The number of anilines is 1. The molecule has 2 N–H and O–H groups in total. The Bertz CT molecular complexity index is 769. The molecule has 0 aliphatic carbocycles. The number of rotatable bonds is 5. The van der Waals surface area contributed by atoms with Crippen molar-refractivity contribution < 1.29 is 14.3 Å². The summed E-state index contributed by atoms with van der Waals surface area (Å²) in [4.78, 5) is 24.2. The van der Waals surface area contributed by atoms with E-state index in [9.17, 15) is 9.59 Å². The topological polar surface area (TPSA) is 67.4 Å². The molecule has 0 heterocycles. The molecule has 0 radical (unpaired) electrons. The molecule has 0 aromatic heterocycles. The molecule has 0 bridgehead atoms. The minimum absolute atomic E-state index is 0.0319. The molecular formula is C20H24N2O3. The summed E-state index contributed by atoms with van der Waals surface area (Å²) in [5, 5.41) is 5.29. The molecule has 0 unspecified atom stereocenters. The Labute approximate surface area is 148 Å². The number of carbonyl (C=O) groups excluding carboxylic acids is 2. The number of hydrogen-bond donors (Lipinski definition) is 2. The van der Waals surface area contributed by atoms with Crippen LogP contribution in [0.5, 0.6) is 5.75 Å². The molecular weight excluding hydrogens is 316 g/mol. The van der Waals surface area contributed by atoms with Gasteiger partial charge in [-0.15, -0.1) is 0 Å². The predicted molar refractivity (Wildman–Crippen MR) is 98.6 cm³/mol. The normalized spacial score (nSPS) is 10.4. The van der Waals surface area contributed by atoms with Gasteiger partial charge in [-0.3, -0.25) is 9.59 Å². The van der Waals surface area contributed by atoms with Gasteiger partial charge in [-0.25, -0.2) is 0 Å². The monoisotopic (exact) mass is 340 g/mol. The van der Waals surface area contributed by atoms with Crippen molar-refractivity contribution in [3.8, 4) is 5.75 Å². The molecule has 0 aliphatic heterocycles. The standard InChI is InChI=1S/C20H24N2O3/c1-13(2)25-18-8-6-5-7-16(18)12-21-19(23)20(24)22-17-11-14(3)9-10-15(17)4/h5-11,13H,12H2,1-4H3,(H,21,23)(H,22,24). The second kappa shape index (κ2) is 8.33. The van der Waals surface area contributed by atoms with Gasteiger partial charge in [0.2, 0.25) is 0 Å². The molecule has 2 amide bonds. The smallest absolute Gasteiger partial charge is 0.313 e. The van der Waals surface area contributed by atoms with Crippen LogP contribution in [0.4, 0.5) is 5.69 Å². The average Bonchev–Trinajstić information content (AvgIpc) is 2.56. The van der Waals surface area contributed by atoms with Gasteiger partial charge in [-0.05, 0) is 51.0 Å². The van der Waals surface area contributed by atoms with E-state index in [1.54, 1.807) is 0 Å². The van der Waals surface area contributed by atoms with E-state index in [1.807, 2.05) is 70.2 Å². The second-order valence-electron chi connectivity index (χ2n) is 6.23. The van der Waals surface area contributed by atoms with Crippen LogP contribution in [0, 0.1) is 13.8 Å². The second-order valence-corrected chi connectivity index (χ2v) is 6.23. The Kier molecular flexibility index (Phi) is 6.17. The number of aryl methyl sites for hydroxylation is 2. The van der Waals surface area contributed by atoms with Gasteiger partial charge in [0, 0.05) is 17.8 Å². The van der Waals surface area contributed by atoms with Crippen molar-refractivity contribution in [2.75, 3.05) is 5.32 Å². The van der Waals surface area contributed by atoms with Crippen molar-refractivity contribution in [3.63, 3.8) is 0 Å². The number of nitrogens with one attached hydrogen (secondary N) is 2. The van der Waals surface area contributed by atoms with Crippen LogP contribution in [-0.2, 0) is 16.1 Å². The van der Waals surface area contributed by atoms with E-state index in [1.165, 1.54) is 0 Å². The van der Waals surface area contributed by atoms with Crippen LogP contribution < -0.4 is 15.4 Å². The lowest BCUT2D eigenvalue weighted by Crippen LogP contribution is -2.35. The van der Waals surface area contributed by atoms with Gasteiger partial charge in [0.05, 0.1) is 6.10 Å². The summed E-state index contributed by atoms with van der Waals surface area (Å²) in [6.45, 7) is 7.91. The largest absolute Gasteiger partial charge is 0.491 e. The highest BCUT2D eigenvalue weighted by Gasteiger charge is 2.15. The Morgan fingerprint density at radius 2 is 1.76 bits per heavy atom. The van der Waals surface area contributed by atoms with Crippen LogP contribution >= 0.6 is 0 Å². The molecule has 5 nitrogen and oxygen atoms in total. The van der Waals surface area contributed by atoms with Gasteiger partial charge in [-0.1, -0.05) is 30.3 Å². The molecule has 0 spiro atoms. The van der Waals surface area contributed by atoms with E-state index >= 15 is 0 Å². The lowest BCUT2D eigenvalue weighted by Gasteiger charge is -2.14. The maximum absolute atomic E-state index is 12.1. The minimum atomic E-state index is -0.684. The molecule has 5 heteroatoms. The molecule has 0 fully saturated rings. The average molecular weight is 340 g/mol. The molecule has 0 saturated carbocycles. The van der Waals surface area contributed by atoms with Gasteiger partial charge >= 0.3 is 11.8 Å². The highest BCUT2D eigenvalue weighted by molar-refractivity contribution is 6.39. The first-order valence-corrected chi connectivity index (χ1v) is 8.28. The quantitative estimate of drug-likeness (QED) is 0.820. The van der Waals surface area contributed by atoms with Crippen LogP contribution in [0.25, 0.3) is 0 Å². The number of carbonyl (C=O) groups is 2. The fourth-order valence-electron chi connectivity index (χ4n) is 2.32. The lowest BCUT2D eigenvalue weighted by molar-refractivity contribution is -0.136. The van der Waals surface area contributed by atoms with E-state index in [4.69, 9.17) is 4.74 Å². The summed E-state index contributed by atoms with van der Waals surface area (Å²) in [6, 6.07) is 13.1. The van der Waals surface area contributed by atoms with E-state index in [2.05, 4.69) is 10.6 Å². The lowest BCUT2D eigenvalue weighted by atomic mass is 10.1. The van der Waals surface area contributed by atoms with Crippen molar-refractivity contribution in [2.45, 2.75) is 40.3 Å². The van der Waals surface area contributed by atoms with Crippen LogP contribution in [0.15, 0.2) is 42.5 Å². The maximum atomic E-state index is 12.1. The van der Waals surface area contributed by atoms with Gasteiger partial charge in [0.15, 0.2) is 0 Å². The van der Waals surface area contributed by atoms with Crippen molar-refractivity contribution in [1.29, 1.82) is 0 Å². The third kappa shape index (κ3) is 5.35. The number of ether oxygens (including phenoxy) is 1. The molecule has 2 aromatic rings. The Morgan fingerprint density at radius 1 is 1.04 bits per heavy atom. The van der Waals surface area contributed by atoms with E-state index < -0.39 is 11.8 Å². The summed E-state index contributed by atoms with van der Waals surface area (Å²) >= 11 is 0. The Hall–Kier alpha value is -2.82. The Balaban J connectivity index is 1.98. The zero-order valence-electron chi connectivity index (χ0n) is 15.1. The molecule has 132 valence electrons. The summed E-state index contributed by atoms with van der Waals surface area (Å²) in [6.07, 6.45) is 0.0319. The third-order valence-corrected chi connectivity index (χ3v) is 3.62. The first-order valence-electron chi connectivity index (χ1n) is 8.28. The predicted octanol–water partition coefficient (Wildman–Crippen LogP) is 3.35. The maximum Gasteiger partial charge on any atom is 0.313 e. The third-order valence-electron chi connectivity index (χ3n) is 3.62. The van der Waals surface area contributed by atoms with Crippen LogP contribution in [-0.4, -0.2) is 17.9 Å². The van der Waals surface area contributed by atoms with Crippen LogP contribution in [0.1, 0.15) is 30.5 Å². The van der Waals surface area contributed by atoms with E-state index in [0.29, 0.717) is 11.4 Å². The highest BCUT2D eigenvalue weighted by Crippen LogP contribution is 2.19. The number of amides is 2. The minimum Gasteiger partial charge on any atom is -0.491 e. The summed E-state index contributed by atoms with van der Waals surface area (Å²) < 4.78 is 5.71.